The van der Waals surface area contributed by atoms with Gasteiger partial charge in [-0.2, -0.15) is 13.2 Å². The van der Waals surface area contributed by atoms with Crippen molar-refractivity contribution in [2.45, 2.75) is 30.8 Å². The predicted octanol–water partition coefficient (Wildman–Crippen LogP) is 6.98. The van der Waals surface area contributed by atoms with Crippen LogP contribution in [0.15, 0.2) is 91.3 Å². The predicted molar refractivity (Wildman–Crippen MR) is 172 cm³/mol. The highest BCUT2D eigenvalue weighted by Crippen LogP contribution is 2.46. The van der Waals surface area contributed by atoms with E-state index in [0.29, 0.717) is 36.2 Å². The van der Waals surface area contributed by atoms with Crippen molar-refractivity contribution in [3.8, 4) is 5.75 Å². The van der Waals surface area contributed by atoms with E-state index in [-0.39, 0.29) is 23.8 Å². The number of pyridine rings is 1. The molecule has 240 valence electrons. The quantitative estimate of drug-likeness (QED) is 0.221. The van der Waals surface area contributed by atoms with Crippen LogP contribution in [-0.2, 0) is 16.6 Å². The first-order chi connectivity index (χ1) is 22.1. The molecule has 46 heavy (non-hydrogen) atoms. The van der Waals surface area contributed by atoms with Crippen LogP contribution in [-0.4, -0.2) is 48.6 Å². The second kappa shape index (κ2) is 13.1. The molecule has 2 atom stereocenters. The van der Waals surface area contributed by atoms with Crippen molar-refractivity contribution in [1.82, 2.24) is 20.5 Å². The van der Waals surface area contributed by atoms with Crippen molar-refractivity contribution in [2.75, 3.05) is 37.7 Å². The number of alkyl halides is 3. The number of carbonyl (C=O) groups is 1. The minimum Gasteiger partial charge on any atom is -0.493 e. The van der Waals surface area contributed by atoms with Crippen LogP contribution in [0.2, 0.25) is 10.0 Å². The van der Waals surface area contributed by atoms with E-state index < -0.39 is 29.5 Å². The lowest BCUT2D eigenvalue weighted by Gasteiger charge is -2.41. The molecular formula is C34H32Cl2F3N5O2. The summed E-state index contributed by atoms with van der Waals surface area (Å²) in [5.74, 6) is -0.356. The third kappa shape index (κ3) is 6.40. The van der Waals surface area contributed by atoms with E-state index in [1.165, 1.54) is 6.07 Å². The number of amides is 1. The number of nitrogens with one attached hydrogen (secondary N) is 2. The molecule has 1 aromatic heterocycles. The number of anilines is 1. The standard InChI is InChI=1S/C34H32Cl2F3N5O2/c1-2-46-29-21-24(34(37,38)39)7-12-28(29)33(32(45)44-19-17-43(18-20-44)27-13-15-40-16-14-27)41-30(22-3-8-25(35)9-4-22)31(42-33)23-5-10-26(36)11-6-23/h3-16,21,30-31,41-42H,2,17-20H2,1H3. The summed E-state index contributed by atoms with van der Waals surface area (Å²) in [6, 6.07) is 20.7. The number of benzene rings is 3. The van der Waals surface area contributed by atoms with Crippen LogP contribution in [0.25, 0.3) is 0 Å². The maximum absolute atomic E-state index is 14.9. The Labute approximate surface area is 275 Å². The molecule has 2 N–H and O–H groups in total. The van der Waals surface area contributed by atoms with Gasteiger partial charge in [-0.3, -0.25) is 20.4 Å². The maximum atomic E-state index is 14.9. The van der Waals surface area contributed by atoms with Gasteiger partial charge < -0.3 is 14.5 Å². The molecule has 2 unspecified atom stereocenters. The van der Waals surface area contributed by atoms with Crippen LogP contribution in [0.3, 0.4) is 0 Å². The molecule has 3 aromatic carbocycles. The number of hydrogen-bond acceptors (Lipinski definition) is 6. The van der Waals surface area contributed by atoms with E-state index in [2.05, 4.69) is 20.5 Å². The molecule has 12 heteroatoms. The lowest BCUT2D eigenvalue weighted by molar-refractivity contribution is -0.140. The number of rotatable bonds is 7. The minimum absolute atomic E-state index is 0.0345. The zero-order valence-electron chi connectivity index (χ0n) is 24.9. The van der Waals surface area contributed by atoms with E-state index in [0.717, 1.165) is 28.9 Å². The summed E-state index contributed by atoms with van der Waals surface area (Å²) in [6.07, 6.45) is -1.15. The molecule has 4 aromatic rings. The lowest BCUT2D eigenvalue weighted by atomic mass is 9.94. The molecule has 1 amide bonds. The van der Waals surface area contributed by atoms with Crippen LogP contribution in [0.1, 0.15) is 41.3 Å². The number of hydrogen-bond donors (Lipinski definition) is 2. The average molecular weight is 671 g/mol. The largest absolute Gasteiger partial charge is 0.493 e. The molecular weight excluding hydrogens is 638 g/mol. The highest BCUT2D eigenvalue weighted by molar-refractivity contribution is 6.30. The van der Waals surface area contributed by atoms with Crippen molar-refractivity contribution < 1.29 is 22.7 Å². The molecule has 3 heterocycles. The molecule has 0 spiro atoms. The highest BCUT2D eigenvalue weighted by Gasteiger charge is 2.54. The normalized spacial score (nSPS) is 21.8. The zero-order chi connectivity index (χ0) is 32.5. The first-order valence-corrected chi connectivity index (χ1v) is 15.7. The Morgan fingerprint density at radius 1 is 0.870 bits per heavy atom. The summed E-state index contributed by atoms with van der Waals surface area (Å²) in [5.41, 5.74) is 0.412. The number of aromatic nitrogens is 1. The summed E-state index contributed by atoms with van der Waals surface area (Å²) in [4.78, 5) is 22.9. The number of ether oxygens (including phenoxy) is 1. The van der Waals surface area contributed by atoms with Gasteiger partial charge in [-0.15, -0.1) is 0 Å². The molecule has 6 rings (SSSR count). The van der Waals surface area contributed by atoms with E-state index in [1.807, 2.05) is 36.4 Å². The number of carbonyl (C=O) groups excluding carboxylic acids is 1. The average Bonchev–Trinajstić information content (AvgIpc) is 3.47. The van der Waals surface area contributed by atoms with Crippen molar-refractivity contribution in [3.63, 3.8) is 0 Å². The van der Waals surface area contributed by atoms with Crippen molar-refractivity contribution >= 4 is 34.8 Å². The summed E-state index contributed by atoms with van der Waals surface area (Å²) in [7, 11) is 0. The van der Waals surface area contributed by atoms with Gasteiger partial charge in [0.15, 0.2) is 5.66 Å². The van der Waals surface area contributed by atoms with Crippen molar-refractivity contribution in [2.24, 2.45) is 0 Å². The molecule has 7 nitrogen and oxygen atoms in total. The Balaban J connectivity index is 1.46. The van der Waals surface area contributed by atoms with Crippen molar-refractivity contribution in [3.05, 3.63) is 124 Å². The zero-order valence-corrected chi connectivity index (χ0v) is 26.4. The molecule has 2 fully saturated rings. The second-order valence-electron chi connectivity index (χ2n) is 11.2. The fraction of sp³-hybridized carbons (Fsp3) is 0.294. The van der Waals surface area contributed by atoms with Crippen LogP contribution >= 0.6 is 23.2 Å². The monoisotopic (exact) mass is 669 g/mol. The molecule has 2 aliphatic rings. The van der Waals surface area contributed by atoms with Gasteiger partial charge in [-0.05, 0) is 66.6 Å². The molecule has 0 bridgehead atoms. The van der Waals surface area contributed by atoms with Gasteiger partial charge >= 0.3 is 6.18 Å². The summed E-state index contributed by atoms with van der Waals surface area (Å²) >= 11 is 12.5. The fourth-order valence-electron chi connectivity index (χ4n) is 6.20. The Morgan fingerprint density at radius 2 is 1.41 bits per heavy atom. The number of piperazine rings is 1. The minimum atomic E-state index is -4.60. The Hall–Kier alpha value is -3.83. The van der Waals surface area contributed by atoms with E-state index >= 15 is 0 Å². The summed E-state index contributed by atoms with van der Waals surface area (Å²) in [6.45, 7) is 3.72. The van der Waals surface area contributed by atoms with E-state index in [9.17, 15) is 18.0 Å². The topological polar surface area (TPSA) is 69.7 Å². The van der Waals surface area contributed by atoms with E-state index in [4.69, 9.17) is 27.9 Å². The molecule has 0 radical (unpaired) electrons. The third-order valence-corrected chi connectivity index (χ3v) is 8.97. The van der Waals surface area contributed by atoms with Crippen LogP contribution in [0.4, 0.5) is 18.9 Å². The van der Waals surface area contributed by atoms with Gasteiger partial charge in [0.2, 0.25) is 0 Å². The summed E-state index contributed by atoms with van der Waals surface area (Å²) < 4.78 is 47.5. The third-order valence-electron chi connectivity index (χ3n) is 8.46. The number of nitrogens with zero attached hydrogens (tertiary/aromatic N) is 3. The van der Waals surface area contributed by atoms with Gasteiger partial charge in [-0.25, -0.2) is 0 Å². The van der Waals surface area contributed by atoms with Gasteiger partial charge in [0.05, 0.1) is 24.3 Å². The van der Waals surface area contributed by atoms with Crippen LogP contribution in [0.5, 0.6) is 5.75 Å². The van der Waals surface area contributed by atoms with Gasteiger partial charge in [0.1, 0.15) is 5.75 Å². The molecule has 0 saturated carbocycles. The molecule has 2 saturated heterocycles. The van der Waals surface area contributed by atoms with Crippen molar-refractivity contribution in [1.29, 1.82) is 0 Å². The smallest absolute Gasteiger partial charge is 0.416 e. The van der Waals surface area contributed by atoms with Crippen LogP contribution < -0.4 is 20.3 Å². The van der Waals surface area contributed by atoms with Gasteiger partial charge in [0.25, 0.3) is 5.91 Å². The fourth-order valence-corrected chi connectivity index (χ4v) is 6.46. The van der Waals surface area contributed by atoms with Gasteiger partial charge in [0, 0.05) is 59.9 Å². The maximum Gasteiger partial charge on any atom is 0.416 e. The highest BCUT2D eigenvalue weighted by atomic mass is 35.5. The first kappa shape index (κ1) is 32.1. The number of halogens is 5. The molecule has 0 aliphatic carbocycles. The first-order valence-electron chi connectivity index (χ1n) is 14.9. The van der Waals surface area contributed by atoms with Gasteiger partial charge in [-0.1, -0.05) is 53.5 Å². The second-order valence-corrected chi connectivity index (χ2v) is 12.1. The Morgan fingerprint density at radius 3 is 1.91 bits per heavy atom. The Bertz CT molecular complexity index is 1610. The molecule has 2 aliphatic heterocycles. The summed E-state index contributed by atoms with van der Waals surface area (Å²) in [5, 5.41) is 8.21. The SMILES string of the molecule is CCOc1cc(C(F)(F)F)ccc1C1(C(=O)N2CCN(c3ccncc3)CC2)NC(c2ccc(Cl)cc2)C(c2ccc(Cl)cc2)N1. The van der Waals surface area contributed by atoms with Crippen LogP contribution in [0, 0.1) is 0 Å². The Kier molecular flexibility index (Phi) is 9.16. The van der Waals surface area contributed by atoms with E-state index in [1.54, 1.807) is 48.5 Å². The lowest BCUT2D eigenvalue weighted by Crippen LogP contribution is -2.62.